The molecule has 1 aliphatic rings. The minimum atomic E-state index is -0.840. The van der Waals surface area contributed by atoms with Crippen LogP contribution in [0, 0.1) is 0 Å². The number of hydrogen-bond acceptors (Lipinski definition) is 7. The molecule has 4 aromatic rings. The van der Waals surface area contributed by atoms with Crippen molar-refractivity contribution >= 4 is 60.1 Å². The Bertz CT molecular complexity index is 1430. The molecule has 0 aliphatic carbocycles. The lowest BCUT2D eigenvalue weighted by Gasteiger charge is -2.23. The number of ketones is 1. The van der Waals surface area contributed by atoms with Gasteiger partial charge in [-0.2, -0.15) is 0 Å². The molecule has 5 rings (SSSR count). The molecule has 1 N–H and O–H groups in total. The molecule has 0 saturated carbocycles. The number of aliphatic hydroxyl groups is 1. The van der Waals surface area contributed by atoms with E-state index in [1.165, 1.54) is 28.6 Å². The van der Waals surface area contributed by atoms with E-state index in [1.807, 2.05) is 49.4 Å². The molecule has 0 spiro atoms. The summed E-state index contributed by atoms with van der Waals surface area (Å²) >= 11 is 4.71. The molecular weight excluding hydrogens is 518 g/mol. The summed E-state index contributed by atoms with van der Waals surface area (Å²) in [7, 11) is 0. The van der Waals surface area contributed by atoms with Crippen molar-refractivity contribution in [3.63, 3.8) is 0 Å². The number of carbonyl (C=O) groups excluding carboxylic acids is 2. The first-order valence-corrected chi connectivity index (χ1v) is 12.1. The lowest BCUT2D eigenvalue weighted by Crippen LogP contribution is -2.29. The smallest absolute Gasteiger partial charge is 0.301 e. The van der Waals surface area contributed by atoms with Gasteiger partial charge < -0.3 is 9.84 Å². The van der Waals surface area contributed by atoms with Crippen molar-refractivity contribution in [2.45, 2.75) is 13.0 Å². The van der Waals surface area contributed by atoms with Gasteiger partial charge in [-0.15, -0.1) is 0 Å². The second-order valence-electron chi connectivity index (χ2n) is 7.52. The highest BCUT2D eigenvalue weighted by atomic mass is 79.9. The fraction of sp³-hybridized carbons (Fsp3) is 0.120. The topological polar surface area (TPSA) is 92.6 Å². The third-order valence-electron chi connectivity index (χ3n) is 5.45. The van der Waals surface area contributed by atoms with Gasteiger partial charge in [-0.25, -0.2) is 4.98 Å². The SMILES string of the molecule is CCOc1ccc2nc(N3C(=O)C(=O)/C(=C(/O)c4ccncc4)C3c3ccc(Br)cc3)sc2c1. The third-order valence-corrected chi connectivity index (χ3v) is 7.00. The van der Waals surface area contributed by atoms with E-state index in [1.54, 1.807) is 12.1 Å². The summed E-state index contributed by atoms with van der Waals surface area (Å²) in [5.74, 6) is -1.06. The standard InChI is InChI=1S/C25H18BrN3O4S/c1-2-33-17-7-8-18-19(13-17)34-25(28-18)29-21(14-3-5-16(26)6-4-14)20(23(31)24(29)32)22(30)15-9-11-27-12-10-15/h3-13,21,30H,2H2,1H3/b22-20+. The number of ether oxygens (including phenoxy) is 1. The average Bonchev–Trinajstić information content (AvgIpc) is 3.38. The van der Waals surface area contributed by atoms with Crippen molar-refractivity contribution in [1.82, 2.24) is 9.97 Å². The summed E-state index contributed by atoms with van der Waals surface area (Å²) in [5.41, 5.74) is 1.77. The molecule has 34 heavy (non-hydrogen) atoms. The number of Topliss-reactive ketones (excluding diaryl/α,β-unsaturated/α-hetero) is 1. The van der Waals surface area contributed by atoms with Crippen LogP contribution in [0.2, 0.25) is 0 Å². The molecule has 1 saturated heterocycles. The highest BCUT2D eigenvalue weighted by molar-refractivity contribution is 9.10. The fourth-order valence-electron chi connectivity index (χ4n) is 3.91. The van der Waals surface area contributed by atoms with E-state index >= 15 is 0 Å². The van der Waals surface area contributed by atoms with Gasteiger partial charge in [-0.3, -0.25) is 19.5 Å². The number of pyridine rings is 1. The first kappa shape index (κ1) is 22.2. The first-order chi connectivity index (χ1) is 16.5. The van der Waals surface area contributed by atoms with Crippen molar-refractivity contribution < 1.29 is 19.4 Å². The minimum absolute atomic E-state index is 0.00721. The molecule has 1 fully saturated rings. The van der Waals surface area contributed by atoms with Crippen LogP contribution in [0.3, 0.4) is 0 Å². The summed E-state index contributed by atoms with van der Waals surface area (Å²) in [6, 6.07) is 15.1. The maximum atomic E-state index is 13.3. The van der Waals surface area contributed by atoms with Crippen LogP contribution in [0.4, 0.5) is 5.13 Å². The second-order valence-corrected chi connectivity index (χ2v) is 9.44. The highest BCUT2D eigenvalue weighted by Crippen LogP contribution is 2.44. The number of thiazole rings is 1. The van der Waals surface area contributed by atoms with Crippen molar-refractivity contribution in [2.75, 3.05) is 11.5 Å². The Morgan fingerprint density at radius 1 is 1.12 bits per heavy atom. The highest BCUT2D eigenvalue weighted by Gasteiger charge is 2.48. The zero-order valence-corrected chi connectivity index (χ0v) is 20.3. The van der Waals surface area contributed by atoms with Crippen LogP contribution in [0.5, 0.6) is 5.75 Å². The molecule has 7 nitrogen and oxygen atoms in total. The van der Waals surface area contributed by atoms with Gasteiger partial charge in [-0.05, 0) is 55.0 Å². The van der Waals surface area contributed by atoms with Gasteiger partial charge in [0.05, 0.1) is 28.4 Å². The number of amides is 1. The van der Waals surface area contributed by atoms with Gasteiger partial charge in [0.2, 0.25) is 0 Å². The molecule has 1 amide bonds. The molecule has 1 unspecified atom stereocenters. The van der Waals surface area contributed by atoms with Gasteiger partial charge in [-0.1, -0.05) is 39.4 Å². The number of hydrogen-bond donors (Lipinski definition) is 1. The summed E-state index contributed by atoms with van der Waals surface area (Å²) in [6.45, 7) is 2.44. The van der Waals surface area contributed by atoms with Gasteiger partial charge in [0.15, 0.2) is 5.13 Å². The van der Waals surface area contributed by atoms with Crippen LogP contribution in [0.25, 0.3) is 16.0 Å². The number of halogens is 1. The van der Waals surface area contributed by atoms with Crippen molar-refractivity contribution in [3.05, 3.63) is 88.2 Å². The van der Waals surface area contributed by atoms with Gasteiger partial charge in [0, 0.05) is 22.4 Å². The van der Waals surface area contributed by atoms with Crippen LogP contribution in [-0.2, 0) is 9.59 Å². The fourth-order valence-corrected chi connectivity index (χ4v) is 5.19. The Hall–Kier alpha value is -3.56. The van der Waals surface area contributed by atoms with E-state index in [0.29, 0.717) is 34.1 Å². The Kier molecular flexibility index (Phi) is 5.89. The monoisotopic (exact) mass is 535 g/mol. The van der Waals surface area contributed by atoms with E-state index in [-0.39, 0.29) is 11.3 Å². The second kappa shape index (κ2) is 9.00. The molecule has 2 aromatic heterocycles. The average molecular weight is 536 g/mol. The van der Waals surface area contributed by atoms with E-state index < -0.39 is 17.7 Å². The molecule has 9 heteroatoms. The zero-order valence-electron chi connectivity index (χ0n) is 17.9. The minimum Gasteiger partial charge on any atom is -0.507 e. The van der Waals surface area contributed by atoms with Crippen molar-refractivity contribution in [2.24, 2.45) is 0 Å². The number of carbonyl (C=O) groups is 2. The Morgan fingerprint density at radius 3 is 2.56 bits per heavy atom. The summed E-state index contributed by atoms with van der Waals surface area (Å²) in [5, 5.41) is 11.5. The molecule has 170 valence electrons. The van der Waals surface area contributed by atoms with Crippen LogP contribution in [-0.4, -0.2) is 33.4 Å². The summed E-state index contributed by atoms with van der Waals surface area (Å²) < 4.78 is 7.26. The third kappa shape index (κ3) is 3.86. The molecule has 2 aromatic carbocycles. The number of nitrogens with zero attached hydrogens (tertiary/aromatic N) is 3. The van der Waals surface area contributed by atoms with Gasteiger partial charge in [0.25, 0.3) is 5.78 Å². The molecule has 1 atom stereocenters. The Labute approximate surface area is 207 Å². The van der Waals surface area contributed by atoms with Gasteiger partial charge >= 0.3 is 5.91 Å². The number of anilines is 1. The number of aromatic nitrogens is 2. The largest absolute Gasteiger partial charge is 0.507 e. The molecule has 1 aliphatic heterocycles. The lowest BCUT2D eigenvalue weighted by molar-refractivity contribution is -0.132. The Morgan fingerprint density at radius 2 is 1.85 bits per heavy atom. The molecular formula is C25H18BrN3O4S. The summed E-state index contributed by atoms with van der Waals surface area (Å²) in [6.07, 6.45) is 3.03. The van der Waals surface area contributed by atoms with Gasteiger partial charge in [0.1, 0.15) is 11.5 Å². The van der Waals surface area contributed by atoms with Crippen LogP contribution >= 0.6 is 27.3 Å². The lowest BCUT2D eigenvalue weighted by atomic mass is 9.96. The predicted octanol–water partition coefficient (Wildman–Crippen LogP) is 5.48. The van der Waals surface area contributed by atoms with E-state index in [0.717, 1.165) is 9.17 Å². The normalized spacial score (nSPS) is 17.5. The predicted molar refractivity (Wildman–Crippen MR) is 134 cm³/mol. The molecule has 0 radical (unpaired) electrons. The quantitative estimate of drug-likeness (QED) is 0.206. The zero-order chi connectivity index (χ0) is 23.8. The molecule has 0 bridgehead atoms. The van der Waals surface area contributed by atoms with E-state index in [4.69, 9.17) is 4.74 Å². The first-order valence-electron chi connectivity index (χ1n) is 10.5. The van der Waals surface area contributed by atoms with E-state index in [2.05, 4.69) is 25.9 Å². The maximum Gasteiger partial charge on any atom is 0.301 e. The number of fused-ring (bicyclic) bond motifs is 1. The maximum absolute atomic E-state index is 13.3. The van der Waals surface area contributed by atoms with Crippen LogP contribution in [0.1, 0.15) is 24.1 Å². The summed E-state index contributed by atoms with van der Waals surface area (Å²) in [4.78, 5) is 36.5. The Balaban J connectivity index is 1.69. The van der Waals surface area contributed by atoms with Crippen LogP contribution in [0.15, 0.2) is 77.0 Å². The van der Waals surface area contributed by atoms with Crippen molar-refractivity contribution in [1.29, 1.82) is 0 Å². The molecule has 3 heterocycles. The number of benzene rings is 2. The number of aliphatic hydroxyl groups excluding tert-OH is 1. The van der Waals surface area contributed by atoms with E-state index in [9.17, 15) is 14.7 Å². The van der Waals surface area contributed by atoms with Crippen molar-refractivity contribution in [3.8, 4) is 5.75 Å². The van der Waals surface area contributed by atoms with Crippen LogP contribution < -0.4 is 9.64 Å². The number of rotatable bonds is 5.